The molecule has 6 heteroatoms. The smallest absolute Gasteiger partial charge is 0.234 e. The van der Waals surface area contributed by atoms with Gasteiger partial charge in [-0.1, -0.05) is 29.8 Å². The third-order valence-electron chi connectivity index (χ3n) is 5.31. The number of hydrogen-bond acceptors (Lipinski definition) is 4. The van der Waals surface area contributed by atoms with Crippen molar-refractivity contribution in [3.05, 3.63) is 58.6 Å². The van der Waals surface area contributed by atoms with Crippen LogP contribution in [0.1, 0.15) is 30.0 Å². The topological polar surface area (TPSA) is 50.8 Å². The molecule has 2 aromatic carbocycles. The van der Waals surface area contributed by atoms with E-state index in [1.54, 1.807) is 0 Å². The van der Waals surface area contributed by atoms with E-state index in [1.807, 2.05) is 30.3 Å². The van der Waals surface area contributed by atoms with Crippen molar-refractivity contribution in [2.75, 3.05) is 32.8 Å². The van der Waals surface area contributed by atoms with E-state index in [0.29, 0.717) is 26.3 Å². The number of likely N-dealkylation sites (tertiary alicyclic amines) is 1. The molecule has 1 unspecified atom stereocenters. The van der Waals surface area contributed by atoms with Crippen molar-refractivity contribution in [2.24, 2.45) is 0 Å². The van der Waals surface area contributed by atoms with Gasteiger partial charge in [-0.15, -0.1) is 0 Å². The SMILES string of the molecule is O=C(CN1CCCC1c1ccc2c(c1)OCCO2)NCCc1ccc(Cl)cc1. The van der Waals surface area contributed by atoms with Crippen LogP contribution in [0.15, 0.2) is 42.5 Å². The lowest BCUT2D eigenvalue weighted by molar-refractivity contribution is -0.122. The van der Waals surface area contributed by atoms with Gasteiger partial charge >= 0.3 is 0 Å². The summed E-state index contributed by atoms with van der Waals surface area (Å²) in [5, 5.41) is 3.77. The molecular formula is C22H25ClN2O3. The normalized spacial score (nSPS) is 18.8. The minimum Gasteiger partial charge on any atom is -0.486 e. The molecule has 2 aliphatic rings. The lowest BCUT2D eigenvalue weighted by Crippen LogP contribution is -2.37. The first-order valence-corrected chi connectivity index (χ1v) is 10.2. The van der Waals surface area contributed by atoms with Gasteiger partial charge in [0.15, 0.2) is 11.5 Å². The summed E-state index contributed by atoms with van der Waals surface area (Å²) in [6.45, 7) is 3.16. The van der Waals surface area contributed by atoms with Crippen molar-refractivity contribution in [3.63, 3.8) is 0 Å². The summed E-state index contributed by atoms with van der Waals surface area (Å²) < 4.78 is 11.3. The van der Waals surface area contributed by atoms with Crippen LogP contribution in [-0.4, -0.2) is 43.7 Å². The van der Waals surface area contributed by atoms with Crippen molar-refractivity contribution < 1.29 is 14.3 Å². The third-order valence-corrected chi connectivity index (χ3v) is 5.56. The van der Waals surface area contributed by atoms with Crippen LogP contribution in [0.5, 0.6) is 11.5 Å². The molecule has 0 spiro atoms. The van der Waals surface area contributed by atoms with E-state index in [4.69, 9.17) is 21.1 Å². The molecule has 1 saturated heterocycles. The number of carbonyl (C=O) groups is 1. The van der Waals surface area contributed by atoms with Gasteiger partial charge in [-0.2, -0.15) is 0 Å². The minimum atomic E-state index is 0.0680. The van der Waals surface area contributed by atoms with E-state index in [2.05, 4.69) is 22.3 Å². The summed E-state index contributed by atoms with van der Waals surface area (Å²) in [5.41, 5.74) is 2.36. The average Bonchev–Trinajstić information content (AvgIpc) is 3.17. The number of fused-ring (bicyclic) bond motifs is 1. The quantitative estimate of drug-likeness (QED) is 0.804. The minimum absolute atomic E-state index is 0.0680. The third kappa shape index (κ3) is 4.59. The molecule has 148 valence electrons. The van der Waals surface area contributed by atoms with Gasteiger partial charge in [0.2, 0.25) is 5.91 Å². The number of nitrogens with one attached hydrogen (secondary N) is 1. The maximum Gasteiger partial charge on any atom is 0.234 e. The summed E-state index contributed by atoms with van der Waals surface area (Å²) >= 11 is 5.90. The second-order valence-electron chi connectivity index (χ2n) is 7.26. The summed E-state index contributed by atoms with van der Waals surface area (Å²) in [5.74, 6) is 1.68. The number of benzene rings is 2. The number of amides is 1. The van der Waals surface area contributed by atoms with Gasteiger partial charge in [0.1, 0.15) is 13.2 Å². The van der Waals surface area contributed by atoms with Gasteiger partial charge in [-0.3, -0.25) is 9.69 Å². The predicted molar refractivity (Wildman–Crippen MR) is 109 cm³/mol. The lowest BCUT2D eigenvalue weighted by atomic mass is 10.0. The van der Waals surface area contributed by atoms with Crippen LogP contribution in [0.25, 0.3) is 0 Å². The van der Waals surface area contributed by atoms with Crippen molar-refractivity contribution in [1.29, 1.82) is 0 Å². The Bertz CT molecular complexity index is 825. The molecule has 2 heterocycles. The molecular weight excluding hydrogens is 376 g/mol. The van der Waals surface area contributed by atoms with Crippen molar-refractivity contribution in [3.8, 4) is 11.5 Å². The molecule has 4 rings (SSSR count). The first-order valence-electron chi connectivity index (χ1n) is 9.84. The fraction of sp³-hybridized carbons (Fsp3) is 0.409. The number of halogens is 1. The fourth-order valence-electron chi connectivity index (χ4n) is 3.90. The first kappa shape index (κ1) is 19.1. The highest BCUT2D eigenvalue weighted by Crippen LogP contribution is 2.37. The standard InChI is InChI=1S/C22H25ClN2O3/c23-18-6-3-16(4-7-18)9-10-24-22(26)15-25-11-1-2-19(25)17-5-8-20-21(14-17)28-13-12-27-20/h3-8,14,19H,1-2,9-13,15H2,(H,24,26). The molecule has 0 radical (unpaired) electrons. The molecule has 1 N–H and O–H groups in total. The lowest BCUT2D eigenvalue weighted by Gasteiger charge is -2.26. The summed E-state index contributed by atoms with van der Waals surface area (Å²) in [7, 11) is 0. The molecule has 2 aromatic rings. The Kier molecular flexibility index (Phi) is 6.03. The summed E-state index contributed by atoms with van der Waals surface area (Å²) in [6, 6.07) is 14.1. The highest BCUT2D eigenvalue weighted by molar-refractivity contribution is 6.30. The largest absolute Gasteiger partial charge is 0.486 e. The number of carbonyl (C=O) groups excluding carboxylic acids is 1. The molecule has 0 aromatic heterocycles. The fourth-order valence-corrected chi connectivity index (χ4v) is 4.02. The van der Waals surface area contributed by atoms with E-state index >= 15 is 0 Å². The molecule has 28 heavy (non-hydrogen) atoms. The molecule has 1 fully saturated rings. The van der Waals surface area contributed by atoms with Crippen LogP contribution in [-0.2, 0) is 11.2 Å². The molecule has 5 nitrogen and oxygen atoms in total. The van der Waals surface area contributed by atoms with Crippen molar-refractivity contribution in [1.82, 2.24) is 10.2 Å². The van der Waals surface area contributed by atoms with Gasteiger partial charge in [-0.25, -0.2) is 0 Å². The molecule has 1 amide bonds. The number of hydrogen-bond donors (Lipinski definition) is 1. The zero-order valence-corrected chi connectivity index (χ0v) is 16.6. The van der Waals surface area contributed by atoms with Crippen molar-refractivity contribution in [2.45, 2.75) is 25.3 Å². The Hall–Kier alpha value is -2.24. The Morgan fingerprint density at radius 3 is 2.71 bits per heavy atom. The Balaban J connectivity index is 1.31. The molecule has 2 aliphatic heterocycles. The van der Waals surface area contributed by atoms with Crippen LogP contribution in [0.4, 0.5) is 0 Å². The number of ether oxygens (including phenoxy) is 2. The van der Waals surface area contributed by atoms with Crippen molar-refractivity contribution >= 4 is 17.5 Å². The Morgan fingerprint density at radius 1 is 1.11 bits per heavy atom. The Morgan fingerprint density at radius 2 is 1.89 bits per heavy atom. The molecule has 0 saturated carbocycles. The van der Waals surface area contributed by atoms with E-state index in [9.17, 15) is 4.79 Å². The molecule has 1 atom stereocenters. The molecule has 0 aliphatic carbocycles. The highest BCUT2D eigenvalue weighted by Gasteiger charge is 2.28. The van der Waals surface area contributed by atoms with E-state index in [-0.39, 0.29) is 11.9 Å². The van der Waals surface area contributed by atoms with Crippen LogP contribution in [0.3, 0.4) is 0 Å². The second kappa shape index (κ2) is 8.84. The predicted octanol–water partition coefficient (Wildman–Crippen LogP) is 3.61. The van der Waals surface area contributed by atoms with Gasteiger partial charge in [0.25, 0.3) is 0 Å². The monoisotopic (exact) mass is 400 g/mol. The number of nitrogens with zero attached hydrogens (tertiary/aromatic N) is 1. The van der Waals surface area contributed by atoms with Gasteiger partial charge < -0.3 is 14.8 Å². The molecule has 0 bridgehead atoms. The maximum atomic E-state index is 12.4. The Labute approximate surface area is 170 Å². The average molecular weight is 401 g/mol. The van der Waals surface area contributed by atoms with Gasteiger partial charge in [0.05, 0.1) is 6.54 Å². The highest BCUT2D eigenvalue weighted by atomic mass is 35.5. The van der Waals surface area contributed by atoms with E-state index in [1.165, 1.54) is 11.1 Å². The summed E-state index contributed by atoms with van der Waals surface area (Å²) in [4.78, 5) is 14.7. The van der Waals surface area contributed by atoms with Crippen LogP contribution < -0.4 is 14.8 Å². The van der Waals surface area contributed by atoms with E-state index < -0.39 is 0 Å². The second-order valence-corrected chi connectivity index (χ2v) is 7.69. The van der Waals surface area contributed by atoms with Gasteiger partial charge in [-0.05, 0) is 61.2 Å². The maximum absolute atomic E-state index is 12.4. The zero-order valence-electron chi connectivity index (χ0n) is 15.8. The number of rotatable bonds is 6. The van der Waals surface area contributed by atoms with Crippen LogP contribution >= 0.6 is 11.6 Å². The zero-order chi connectivity index (χ0) is 19.3. The first-order chi connectivity index (χ1) is 13.7. The van der Waals surface area contributed by atoms with E-state index in [0.717, 1.165) is 42.3 Å². The van der Waals surface area contributed by atoms with Gasteiger partial charge in [0, 0.05) is 17.6 Å². The summed E-state index contributed by atoms with van der Waals surface area (Å²) in [6.07, 6.45) is 2.95. The van der Waals surface area contributed by atoms with Crippen LogP contribution in [0.2, 0.25) is 5.02 Å². The van der Waals surface area contributed by atoms with Crippen LogP contribution in [0, 0.1) is 0 Å².